The molecule has 0 rings (SSSR count). The summed E-state index contributed by atoms with van der Waals surface area (Å²) >= 11 is 0. The average molecular weight is 246 g/mol. The molecule has 0 aliphatic carbocycles. The zero-order chi connectivity index (χ0) is 13.6. The SMILES string of the molecule is COCC(NC(=O)OC(C)(C)C)C(=O)N(C)C. The lowest BCUT2D eigenvalue weighted by Crippen LogP contribution is -2.50. The number of ether oxygens (including phenoxy) is 2. The maximum atomic E-state index is 11.7. The Hall–Kier alpha value is -1.30. The van der Waals surface area contributed by atoms with Crippen LogP contribution in [0.4, 0.5) is 4.79 Å². The lowest BCUT2D eigenvalue weighted by molar-refractivity contribution is -0.132. The largest absolute Gasteiger partial charge is 0.444 e. The van der Waals surface area contributed by atoms with E-state index in [9.17, 15) is 9.59 Å². The van der Waals surface area contributed by atoms with Gasteiger partial charge in [-0.3, -0.25) is 4.79 Å². The minimum absolute atomic E-state index is 0.107. The molecule has 6 nitrogen and oxygen atoms in total. The molecule has 0 saturated carbocycles. The molecular weight excluding hydrogens is 224 g/mol. The summed E-state index contributed by atoms with van der Waals surface area (Å²) < 4.78 is 9.96. The van der Waals surface area contributed by atoms with Crippen molar-refractivity contribution < 1.29 is 19.1 Å². The number of amides is 2. The summed E-state index contributed by atoms with van der Waals surface area (Å²) in [6.45, 7) is 5.37. The van der Waals surface area contributed by atoms with Gasteiger partial charge in [-0.15, -0.1) is 0 Å². The average Bonchev–Trinajstić information content (AvgIpc) is 2.12. The fourth-order valence-corrected chi connectivity index (χ4v) is 1.10. The van der Waals surface area contributed by atoms with Gasteiger partial charge in [0, 0.05) is 21.2 Å². The van der Waals surface area contributed by atoms with Gasteiger partial charge in [0.2, 0.25) is 5.91 Å². The molecular formula is C11H22N2O4. The first-order valence-corrected chi connectivity index (χ1v) is 5.37. The third-order valence-electron chi connectivity index (χ3n) is 1.76. The molecule has 6 heteroatoms. The molecule has 0 bridgehead atoms. The predicted molar refractivity (Wildman–Crippen MR) is 63.7 cm³/mol. The van der Waals surface area contributed by atoms with Crippen LogP contribution >= 0.6 is 0 Å². The highest BCUT2D eigenvalue weighted by molar-refractivity contribution is 5.85. The first-order valence-electron chi connectivity index (χ1n) is 5.37. The van der Waals surface area contributed by atoms with Gasteiger partial charge in [0.15, 0.2) is 0 Å². The van der Waals surface area contributed by atoms with Crippen LogP contribution in [0.15, 0.2) is 0 Å². The molecule has 1 atom stereocenters. The second-order valence-corrected chi connectivity index (χ2v) is 4.89. The van der Waals surface area contributed by atoms with Crippen molar-refractivity contribution >= 4 is 12.0 Å². The molecule has 0 fully saturated rings. The molecule has 0 heterocycles. The van der Waals surface area contributed by atoms with Gasteiger partial charge in [0.05, 0.1) is 6.61 Å². The number of carbonyl (C=O) groups excluding carboxylic acids is 2. The summed E-state index contributed by atoms with van der Waals surface area (Å²) in [6, 6.07) is -0.732. The molecule has 0 saturated heterocycles. The second kappa shape index (κ2) is 6.44. The highest BCUT2D eigenvalue weighted by Gasteiger charge is 2.25. The Labute approximate surface area is 102 Å². The zero-order valence-electron chi connectivity index (χ0n) is 11.4. The monoisotopic (exact) mass is 246 g/mol. The van der Waals surface area contributed by atoms with E-state index >= 15 is 0 Å². The first kappa shape index (κ1) is 15.7. The Balaban J connectivity index is 4.45. The van der Waals surface area contributed by atoms with E-state index < -0.39 is 17.7 Å². The fraction of sp³-hybridized carbons (Fsp3) is 0.818. The van der Waals surface area contributed by atoms with E-state index in [1.807, 2.05) is 0 Å². The summed E-state index contributed by atoms with van der Waals surface area (Å²) in [4.78, 5) is 24.6. The smallest absolute Gasteiger partial charge is 0.408 e. The maximum Gasteiger partial charge on any atom is 0.408 e. The van der Waals surface area contributed by atoms with Gasteiger partial charge in [-0.2, -0.15) is 0 Å². The first-order chi connectivity index (χ1) is 7.67. The Kier molecular flexibility index (Phi) is 5.95. The third-order valence-corrected chi connectivity index (χ3v) is 1.76. The van der Waals surface area contributed by atoms with Crippen LogP contribution < -0.4 is 5.32 Å². The minimum atomic E-state index is -0.732. The Morgan fingerprint density at radius 1 is 1.29 bits per heavy atom. The van der Waals surface area contributed by atoms with E-state index in [1.165, 1.54) is 12.0 Å². The van der Waals surface area contributed by atoms with E-state index in [0.717, 1.165) is 0 Å². The summed E-state index contributed by atoms with van der Waals surface area (Å²) in [5, 5.41) is 2.48. The van der Waals surface area contributed by atoms with Crippen molar-refractivity contribution in [2.45, 2.75) is 32.4 Å². The molecule has 100 valence electrons. The van der Waals surface area contributed by atoms with E-state index in [4.69, 9.17) is 9.47 Å². The Bertz CT molecular complexity index is 271. The van der Waals surface area contributed by atoms with Gasteiger partial charge in [-0.05, 0) is 20.8 Å². The molecule has 2 amide bonds. The van der Waals surface area contributed by atoms with Crippen molar-refractivity contribution in [3.63, 3.8) is 0 Å². The molecule has 0 aliphatic heterocycles. The number of nitrogens with one attached hydrogen (secondary N) is 1. The Morgan fingerprint density at radius 2 is 1.82 bits per heavy atom. The van der Waals surface area contributed by atoms with E-state index in [1.54, 1.807) is 34.9 Å². The number of alkyl carbamates (subject to hydrolysis) is 1. The molecule has 0 spiro atoms. The van der Waals surface area contributed by atoms with Crippen LogP contribution in [0.2, 0.25) is 0 Å². The standard InChI is InChI=1S/C11H22N2O4/c1-11(2,3)17-10(15)12-8(7-16-6)9(14)13(4)5/h8H,7H2,1-6H3,(H,12,15). The maximum absolute atomic E-state index is 11.7. The zero-order valence-corrected chi connectivity index (χ0v) is 11.4. The topological polar surface area (TPSA) is 67.9 Å². The molecule has 0 aromatic heterocycles. The highest BCUT2D eigenvalue weighted by atomic mass is 16.6. The highest BCUT2D eigenvalue weighted by Crippen LogP contribution is 2.07. The van der Waals surface area contributed by atoms with Crippen LogP contribution in [0, 0.1) is 0 Å². The number of hydrogen-bond acceptors (Lipinski definition) is 4. The number of carbonyl (C=O) groups is 2. The number of hydrogen-bond donors (Lipinski definition) is 1. The number of nitrogens with zero attached hydrogens (tertiary/aromatic N) is 1. The van der Waals surface area contributed by atoms with E-state index in [-0.39, 0.29) is 12.5 Å². The van der Waals surface area contributed by atoms with Crippen molar-refractivity contribution in [2.24, 2.45) is 0 Å². The summed E-state index contributed by atoms with van der Waals surface area (Å²) in [6.07, 6.45) is -0.630. The lowest BCUT2D eigenvalue weighted by Gasteiger charge is -2.24. The van der Waals surface area contributed by atoms with Gasteiger partial charge in [0.25, 0.3) is 0 Å². The van der Waals surface area contributed by atoms with Crippen molar-refractivity contribution in [3.05, 3.63) is 0 Å². The van der Waals surface area contributed by atoms with Crippen LogP contribution in [-0.2, 0) is 14.3 Å². The molecule has 0 aromatic rings. The molecule has 1 N–H and O–H groups in total. The number of rotatable bonds is 4. The van der Waals surface area contributed by atoms with E-state index in [0.29, 0.717) is 0 Å². The normalized spacial score (nSPS) is 12.8. The van der Waals surface area contributed by atoms with Crippen LogP contribution in [0.25, 0.3) is 0 Å². The van der Waals surface area contributed by atoms with Gasteiger partial charge in [-0.25, -0.2) is 4.79 Å². The molecule has 1 unspecified atom stereocenters. The van der Waals surface area contributed by atoms with Crippen molar-refractivity contribution in [2.75, 3.05) is 27.8 Å². The number of methoxy groups -OCH3 is 1. The summed E-state index contributed by atoms with van der Waals surface area (Å²) in [5.41, 5.74) is -0.594. The lowest BCUT2D eigenvalue weighted by atomic mass is 10.2. The van der Waals surface area contributed by atoms with Gasteiger partial charge in [0.1, 0.15) is 11.6 Å². The van der Waals surface area contributed by atoms with E-state index in [2.05, 4.69) is 5.32 Å². The van der Waals surface area contributed by atoms with Crippen molar-refractivity contribution in [1.29, 1.82) is 0 Å². The quantitative estimate of drug-likeness (QED) is 0.789. The predicted octanol–water partition coefficient (Wildman–Crippen LogP) is 0.614. The van der Waals surface area contributed by atoms with Crippen LogP contribution in [0.3, 0.4) is 0 Å². The Morgan fingerprint density at radius 3 is 2.18 bits per heavy atom. The van der Waals surface area contributed by atoms with Crippen LogP contribution in [-0.4, -0.2) is 56.4 Å². The van der Waals surface area contributed by atoms with Gasteiger partial charge < -0.3 is 19.7 Å². The van der Waals surface area contributed by atoms with Crippen molar-refractivity contribution in [1.82, 2.24) is 10.2 Å². The van der Waals surface area contributed by atoms with Crippen molar-refractivity contribution in [3.8, 4) is 0 Å². The summed E-state index contributed by atoms with van der Waals surface area (Å²) in [5.74, 6) is -0.238. The molecule has 17 heavy (non-hydrogen) atoms. The fourth-order valence-electron chi connectivity index (χ4n) is 1.10. The van der Waals surface area contributed by atoms with Crippen LogP contribution in [0.1, 0.15) is 20.8 Å². The summed E-state index contributed by atoms with van der Waals surface area (Å²) in [7, 11) is 4.69. The van der Waals surface area contributed by atoms with Crippen LogP contribution in [0.5, 0.6) is 0 Å². The molecule has 0 radical (unpaired) electrons. The number of likely N-dealkylation sites (N-methyl/N-ethyl adjacent to an activating group) is 1. The van der Waals surface area contributed by atoms with Gasteiger partial charge in [-0.1, -0.05) is 0 Å². The second-order valence-electron chi connectivity index (χ2n) is 4.89. The van der Waals surface area contributed by atoms with Gasteiger partial charge >= 0.3 is 6.09 Å². The third kappa shape index (κ3) is 6.78. The minimum Gasteiger partial charge on any atom is -0.444 e. The molecule has 0 aliphatic rings. The molecule has 0 aromatic carbocycles.